The summed E-state index contributed by atoms with van der Waals surface area (Å²) in [5.74, 6) is 0.105. The lowest BCUT2D eigenvalue weighted by Gasteiger charge is -2.49. The first-order valence-electron chi connectivity index (χ1n) is 8.58. The van der Waals surface area contributed by atoms with E-state index in [9.17, 15) is 4.79 Å². The van der Waals surface area contributed by atoms with Crippen LogP contribution in [0.1, 0.15) is 31.4 Å². The standard InChI is InChI=1S/C21H21BrN2O/c1-20(2)16-8-4-6-10-18(16)24-14-12-19(25)23-21(20,24)13-11-15-7-3-5-9-17(15)22/h3-11,13H,12,14H2,1-2H3,(H,23,25)/b13-11+/t21-/m0/s1. The maximum atomic E-state index is 12.3. The van der Waals surface area contributed by atoms with Crippen LogP contribution >= 0.6 is 15.9 Å². The van der Waals surface area contributed by atoms with Crippen LogP contribution in [0.5, 0.6) is 0 Å². The van der Waals surface area contributed by atoms with Gasteiger partial charge in [0.15, 0.2) is 0 Å². The lowest BCUT2D eigenvalue weighted by Crippen LogP contribution is -2.68. The molecule has 0 aliphatic carbocycles. The van der Waals surface area contributed by atoms with E-state index in [1.807, 2.05) is 18.2 Å². The number of carbonyl (C=O) groups excluding carboxylic acids is 1. The first kappa shape index (κ1) is 16.4. The van der Waals surface area contributed by atoms with E-state index in [0.29, 0.717) is 6.42 Å². The molecule has 0 spiro atoms. The Bertz CT molecular complexity index is 874. The molecule has 2 aliphatic rings. The summed E-state index contributed by atoms with van der Waals surface area (Å²) in [6, 6.07) is 16.6. The maximum absolute atomic E-state index is 12.3. The molecular weight excluding hydrogens is 376 g/mol. The van der Waals surface area contributed by atoms with Gasteiger partial charge in [-0.1, -0.05) is 72.3 Å². The van der Waals surface area contributed by atoms with Gasteiger partial charge < -0.3 is 10.2 Å². The summed E-state index contributed by atoms with van der Waals surface area (Å²) >= 11 is 3.61. The predicted molar refractivity (Wildman–Crippen MR) is 105 cm³/mol. The Morgan fingerprint density at radius 3 is 2.64 bits per heavy atom. The van der Waals surface area contributed by atoms with E-state index in [4.69, 9.17) is 0 Å². The number of para-hydroxylation sites is 1. The van der Waals surface area contributed by atoms with Crippen molar-refractivity contribution in [3.05, 3.63) is 70.2 Å². The van der Waals surface area contributed by atoms with Crippen LogP contribution in [0.2, 0.25) is 0 Å². The van der Waals surface area contributed by atoms with Crippen LogP contribution in [0, 0.1) is 0 Å². The Morgan fingerprint density at radius 2 is 1.84 bits per heavy atom. The summed E-state index contributed by atoms with van der Waals surface area (Å²) in [5, 5.41) is 3.30. The van der Waals surface area contributed by atoms with Crippen molar-refractivity contribution >= 4 is 33.6 Å². The fourth-order valence-electron chi connectivity index (χ4n) is 4.14. The van der Waals surface area contributed by atoms with Crippen molar-refractivity contribution in [2.24, 2.45) is 0 Å². The molecule has 2 aromatic carbocycles. The minimum atomic E-state index is -0.554. The zero-order valence-electron chi connectivity index (χ0n) is 14.4. The molecule has 0 unspecified atom stereocenters. The first-order chi connectivity index (χ1) is 12.0. The highest BCUT2D eigenvalue weighted by Gasteiger charge is 2.57. The molecule has 1 N–H and O–H groups in total. The van der Waals surface area contributed by atoms with Gasteiger partial charge in [-0.25, -0.2) is 0 Å². The van der Waals surface area contributed by atoms with E-state index in [2.05, 4.69) is 82.5 Å². The minimum absolute atomic E-state index is 0.105. The normalized spacial score (nSPS) is 24.1. The molecule has 0 saturated carbocycles. The number of hydrogen-bond acceptors (Lipinski definition) is 2. The van der Waals surface area contributed by atoms with Crippen molar-refractivity contribution in [3.8, 4) is 0 Å². The Hall–Kier alpha value is -2.07. The molecule has 0 bridgehead atoms. The fraction of sp³-hybridized carbons (Fsp3) is 0.286. The number of halogens is 1. The predicted octanol–water partition coefficient (Wildman–Crippen LogP) is 4.48. The number of benzene rings is 2. The van der Waals surface area contributed by atoms with Crippen molar-refractivity contribution in [1.29, 1.82) is 0 Å². The summed E-state index contributed by atoms with van der Waals surface area (Å²) in [5.41, 5.74) is 2.79. The summed E-state index contributed by atoms with van der Waals surface area (Å²) < 4.78 is 1.05. The second-order valence-corrected chi connectivity index (χ2v) is 8.07. The van der Waals surface area contributed by atoms with Crippen LogP contribution in [0.25, 0.3) is 6.08 Å². The van der Waals surface area contributed by atoms with Crippen LogP contribution in [-0.4, -0.2) is 18.1 Å². The lowest BCUT2D eigenvalue weighted by molar-refractivity contribution is -0.124. The Kier molecular flexibility index (Phi) is 3.76. The number of amides is 1. The average molecular weight is 397 g/mol. The van der Waals surface area contributed by atoms with Crippen molar-refractivity contribution in [3.63, 3.8) is 0 Å². The SMILES string of the molecule is CC1(C)c2ccccc2N2CCC(=O)N[C@@]21/C=C/c1ccccc1Br. The highest BCUT2D eigenvalue weighted by atomic mass is 79.9. The maximum Gasteiger partial charge on any atom is 0.223 e. The molecule has 2 aliphatic heterocycles. The molecule has 2 aromatic rings. The number of carbonyl (C=O) groups is 1. The van der Waals surface area contributed by atoms with Crippen LogP contribution in [0.4, 0.5) is 5.69 Å². The second-order valence-electron chi connectivity index (χ2n) is 7.21. The Morgan fingerprint density at radius 1 is 1.12 bits per heavy atom. The second kappa shape index (κ2) is 5.73. The van der Waals surface area contributed by atoms with Crippen LogP contribution < -0.4 is 10.2 Å². The van der Waals surface area contributed by atoms with Gasteiger partial charge in [-0.05, 0) is 29.3 Å². The summed E-state index contributed by atoms with van der Waals surface area (Å²) in [6.45, 7) is 5.15. The minimum Gasteiger partial charge on any atom is -0.344 e. The third-order valence-electron chi connectivity index (χ3n) is 5.55. The largest absolute Gasteiger partial charge is 0.344 e. The highest BCUT2D eigenvalue weighted by Crippen LogP contribution is 2.52. The van der Waals surface area contributed by atoms with E-state index in [1.54, 1.807) is 0 Å². The number of nitrogens with one attached hydrogen (secondary N) is 1. The number of fused-ring (bicyclic) bond motifs is 3. The van der Waals surface area contributed by atoms with Crippen molar-refractivity contribution in [1.82, 2.24) is 5.32 Å². The summed E-state index contributed by atoms with van der Waals surface area (Å²) in [6.07, 6.45) is 4.79. The van der Waals surface area contributed by atoms with Gasteiger partial charge in [0, 0.05) is 28.5 Å². The van der Waals surface area contributed by atoms with Gasteiger partial charge in [0.1, 0.15) is 5.66 Å². The van der Waals surface area contributed by atoms with Crippen molar-refractivity contribution < 1.29 is 4.79 Å². The summed E-state index contributed by atoms with van der Waals surface area (Å²) in [4.78, 5) is 14.7. The van der Waals surface area contributed by atoms with Gasteiger partial charge in [-0.3, -0.25) is 4.79 Å². The van der Waals surface area contributed by atoms with Gasteiger partial charge in [-0.2, -0.15) is 0 Å². The highest BCUT2D eigenvalue weighted by molar-refractivity contribution is 9.10. The lowest BCUT2D eigenvalue weighted by atomic mass is 9.74. The van der Waals surface area contributed by atoms with Gasteiger partial charge in [0.05, 0.1) is 0 Å². The molecule has 128 valence electrons. The molecule has 4 rings (SSSR count). The van der Waals surface area contributed by atoms with Crippen molar-refractivity contribution in [2.45, 2.75) is 31.3 Å². The van der Waals surface area contributed by atoms with Gasteiger partial charge in [0.25, 0.3) is 0 Å². The zero-order valence-corrected chi connectivity index (χ0v) is 16.0. The monoisotopic (exact) mass is 396 g/mol. The average Bonchev–Trinajstić information content (AvgIpc) is 2.79. The molecule has 1 amide bonds. The molecule has 1 atom stereocenters. The fourth-order valence-corrected chi connectivity index (χ4v) is 4.56. The number of nitrogens with zero attached hydrogens (tertiary/aromatic N) is 1. The van der Waals surface area contributed by atoms with Gasteiger partial charge >= 0.3 is 0 Å². The smallest absolute Gasteiger partial charge is 0.223 e. The Balaban J connectivity index is 1.86. The van der Waals surface area contributed by atoms with Crippen LogP contribution in [-0.2, 0) is 10.2 Å². The van der Waals surface area contributed by atoms with E-state index in [-0.39, 0.29) is 11.3 Å². The molecule has 2 heterocycles. The quantitative estimate of drug-likeness (QED) is 0.811. The van der Waals surface area contributed by atoms with E-state index < -0.39 is 5.66 Å². The van der Waals surface area contributed by atoms with Gasteiger partial charge in [-0.15, -0.1) is 0 Å². The van der Waals surface area contributed by atoms with Crippen molar-refractivity contribution in [2.75, 3.05) is 11.4 Å². The van der Waals surface area contributed by atoms with E-state index in [1.165, 1.54) is 11.3 Å². The molecule has 0 radical (unpaired) electrons. The van der Waals surface area contributed by atoms with Crippen LogP contribution in [0.3, 0.4) is 0 Å². The first-order valence-corrected chi connectivity index (χ1v) is 9.37. The molecule has 3 nitrogen and oxygen atoms in total. The zero-order chi connectivity index (χ0) is 17.7. The molecule has 0 aromatic heterocycles. The molecule has 1 fully saturated rings. The number of hydrogen-bond donors (Lipinski definition) is 1. The topological polar surface area (TPSA) is 32.3 Å². The third kappa shape index (κ3) is 2.35. The van der Waals surface area contributed by atoms with Gasteiger partial charge in [0.2, 0.25) is 5.91 Å². The summed E-state index contributed by atoms with van der Waals surface area (Å²) in [7, 11) is 0. The third-order valence-corrected chi connectivity index (χ3v) is 6.27. The molecule has 25 heavy (non-hydrogen) atoms. The molecule has 1 saturated heterocycles. The van der Waals surface area contributed by atoms with E-state index in [0.717, 1.165) is 16.6 Å². The van der Waals surface area contributed by atoms with Crippen LogP contribution in [0.15, 0.2) is 59.1 Å². The molecule has 4 heteroatoms. The number of rotatable bonds is 2. The molecular formula is C21H21BrN2O. The Labute approximate surface area is 156 Å². The van der Waals surface area contributed by atoms with E-state index >= 15 is 0 Å². The number of anilines is 1.